The summed E-state index contributed by atoms with van der Waals surface area (Å²) in [5.74, 6) is -0.862. The van der Waals surface area contributed by atoms with Gasteiger partial charge in [-0.1, -0.05) is 30.3 Å². The Morgan fingerprint density at radius 3 is 2.65 bits per heavy atom. The molecule has 2 aromatic rings. The van der Waals surface area contributed by atoms with Gasteiger partial charge in [-0.15, -0.1) is 0 Å². The summed E-state index contributed by atoms with van der Waals surface area (Å²) in [5, 5.41) is 8.87. The summed E-state index contributed by atoms with van der Waals surface area (Å²) in [6.45, 7) is 1.95. The Morgan fingerprint density at radius 1 is 1.29 bits per heavy atom. The number of pyridine rings is 1. The Morgan fingerprint density at radius 2 is 2.00 bits per heavy atom. The summed E-state index contributed by atoms with van der Waals surface area (Å²) < 4.78 is 0. The van der Waals surface area contributed by atoms with E-state index < -0.39 is 5.97 Å². The molecule has 0 bridgehead atoms. The number of nitrogens with zero attached hydrogens (tertiary/aromatic N) is 1. The zero-order valence-corrected chi connectivity index (χ0v) is 9.55. The lowest BCUT2D eigenvalue weighted by Gasteiger charge is -2.08. The standard InChI is InChI=1S/C14H13NO2/c1-10-7-12(11-5-3-2-4-6-11)13(15-9-10)8-14(16)17/h2-7,9H,8H2,1H3,(H,16,17). The van der Waals surface area contributed by atoms with E-state index in [0.717, 1.165) is 16.7 Å². The minimum atomic E-state index is -0.862. The molecular weight excluding hydrogens is 214 g/mol. The molecule has 0 saturated heterocycles. The van der Waals surface area contributed by atoms with Crippen LogP contribution in [0.25, 0.3) is 11.1 Å². The van der Waals surface area contributed by atoms with Crippen molar-refractivity contribution in [2.45, 2.75) is 13.3 Å². The number of carbonyl (C=O) groups is 1. The number of hydrogen-bond acceptors (Lipinski definition) is 2. The van der Waals surface area contributed by atoms with Crippen LogP contribution in [0.2, 0.25) is 0 Å². The highest BCUT2D eigenvalue weighted by Crippen LogP contribution is 2.23. The maximum Gasteiger partial charge on any atom is 0.309 e. The highest BCUT2D eigenvalue weighted by atomic mass is 16.4. The fourth-order valence-corrected chi connectivity index (χ4v) is 1.75. The maximum absolute atomic E-state index is 10.8. The van der Waals surface area contributed by atoms with Crippen molar-refractivity contribution in [2.75, 3.05) is 0 Å². The molecule has 0 spiro atoms. The van der Waals surface area contributed by atoms with Crippen LogP contribution >= 0.6 is 0 Å². The lowest BCUT2D eigenvalue weighted by atomic mass is 10.0. The van der Waals surface area contributed by atoms with Crippen molar-refractivity contribution >= 4 is 5.97 Å². The zero-order chi connectivity index (χ0) is 12.3. The molecule has 0 amide bonds. The molecule has 3 heteroatoms. The minimum Gasteiger partial charge on any atom is -0.481 e. The third kappa shape index (κ3) is 2.69. The van der Waals surface area contributed by atoms with Gasteiger partial charge in [0, 0.05) is 11.8 Å². The summed E-state index contributed by atoms with van der Waals surface area (Å²) >= 11 is 0. The highest BCUT2D eigenvalue weighted by molar-refractivity contribution is 5.75. The predicted molar refractivity (Wildman–Crippen MR) is 65.7 cm³/mol. The normalized spacial score (nSPS) is 10.2. The fourth-order valence-electron chi connectivity index (χ4n) is 1.75. The number of carboxylic acid groups (broad SMARTS) is 1. The number of aryl methyl sites for hydroxylation is 1. The molecule has 2 rings (SSSR count). The van der Waals surface area contributed by atoms with E-state index in [1.54, 1.807) is 6.20 Å². The minimum absolute atomic E-state index is 0.0511. The molecule has 0 unspecified atom stereocenters. The van der Waals surface area contributed by atoms with E-state index >= 15 is 0 Å². The first-order valence-corrected chi connectivity index (χ1v) is 5.39. The number of aliphatic carboxylic acids is 1. The van der Waals surface area contributed by atoms with Crippen molar-refractivity contribution in [2.24, 2.45) is 0 Å². The summed E-state index contributed by atoms with van der Waals surface area (Å²) in [6, 6.07) is 11.7. The van der Waals surface area contributed by atoms with Crippen LogP contribution in [0.5, 0.6) is 0 Å². The summed E-state index contributed by atoms with van der Waals surface area (Å²) in [6.07, 6.45) is 1.65. The number of hydrogen-bond donors (Lipinski definition) is 1. The lowest BCUT2D eigenvalue weighted by Crippen LogP contribution is -2.04. The molecule has 0 aliphatic heterocycles. The van der Waals surface area contributed by atoms with Crippen LogP contribution in [0, 0.1) is 6.92 Å². The Kier molecular flexibility index (Phi) is 3.19. The summed E-state index contributed by atoms with van der Waals surface area (Å²) in [4.78, 5) is 15.0. The van der Waals surface area contributed by atoms with Crippen LogP contribution in [0.4, 0.5) is 0 Å². The van der Waals surface area contributed by atoms with Gasteiger partial charge in [-0.3, -0.25) is 9.78 Å². The first-order valence-electron chi connectivity index (χ1n) is 5.39. The number of aromatic nitrogens is 1. The van der Waals surface area contributed by atoms with E-state index in [0.29, 0.717) is 5.69 Å². The molecule has 0 aliphatic carbocycles. The van der Waals surface area contributed by atoms with Gasteiger partial charge in [0.15, 0.2) is 0 Å². The predicted octanol–water partition coefficient (Wildman–Crippen LogP) is 2.68. The van der Waals surface area contributed by atoms with Gasteiger partial charge in [0.2, 0.25) is 0 Å². The monoisotopic (exact) mass is 227 g/mol. The van der Waals surface area contributed by atoms with Crippen LogP contribution < -0.4 is 0 Å². The van der Waals surface area contributed by atoms with Gasteiger partial charge in [-0.2, -0.15) is 0 Å². The van der Waals surface area contributed by atoms with Crippen molar-refractivity contribution in [3.05, 3.63) is 53.9 Å². The van der Waals surface area contributed by atoms with Gasteiger partial charge in [0.25, 0.3) is 0 Å². The Balaban J connectivity index is 2.51. The van der Waals surface area contributed by atoms with E-state index in [4.69, 9.17) is 5.11 Å². The average molecular weight is 227 g/mol. The quantitative estimate of drug-likeness (QED) is 0.877. The largest absolute Gasteiger partial charge is 0.481 e. The van der Waals surface area contributed by atoms with Crippen molar-refractivity contribution in [1.82, 2.24) is 4.98 Å². The summed E-state index contributed by atoms with van der Waals surface area (Å²) in [7, 11) is 0. The van der Waals surface area contributed by atoms with E-state index in [1.165, 1.54) is 0 Å². The second-order valence-electron chi connectivity index (χ2n) is 3.94. The maximum atomic E-state index is 10.8. The molecule has 0 radical (unpaired) electrons. The molecule has 86 valence electrons. The van der Waals surface area contributed by atoms with Crippen LogP contribution in [0.15, 0.2) is 42.6 Å². The molecule has 0 aliphatic rings. The first-order chi connectivity index (χ1) is 8.16. The van der Waals surface area contributed by atoms with Gasteiger partial charge in [-0.05, 0) is 24.1 Å². The van der Waals surface area contributed by atoms with Gasteiger partial charge >= 0.3 is 5.97 Å². The molecule has 1 aromatic heterocycles. The molecule has 1 heterocycles. The summed E-state index contributed by atoms with van der Waals surface area (Å²) in [5.41, 5.74) is 3.53. The first kappa shape index (κ1) is 11.3. The smallest absolute Gasteiger partial charge is 0.309 e. The number of carboxylic acids is 1. The molecular formula is C14H13NO2. The van der Waals surface area contributed by atoms with Gasteiger partial charge in [0.05, 0.1) is 12.1 Å². The molecule has 17 heavy (non-hydrogen) atoms. The Hall–Kier alpha value is -2.16. The Bertz CT molecular complexity index is 535. The van der Waals surface area contributed by atoms with Gasteiger partial charge in [0.1, 0.15) is 0 Å². The van der Waals surface area contributed by atoms with E-state index in [-0.39, 0.29) is 6.42 Å². The van der Waals surface area contributed by atoms with Gasteiger partial charge in [-0.25, -0.2) is 0 Å². The van der Waals surface area contributed by atoms with Crippen molar-refractivity contribution in [1.29, 1.82) is 0 Å². The number of rotatable bonds is 3. The Labute approximate surface area is 99.8 Å². The third-order valence-corrected chi connectivity index (χ3v) is 2.51. The molecule has 0 saturated carbocycles. The molecule has 1 N–H and O–H groups in total. The second-order valence-corrected chi connectivity index (χ2v) is 3.94. The van der Waals surface area contributed by atoms with Gasteiger partial charge < -0.3 is 5.11 Å². The third-order valence-electron chi connectivity index (χ3n) is 2.51. The topological polar surface area (TPSA) is 50.2 Å². The van der Waals surface area contributed by atoms with Crippen LogP contribution in [-0.2, 0) is 11.2 Å². The molecule has 1 aromatic carbocycles. The average Bonchev–Trinajstić information content (AvgIpc) is 2.32. The molecule has 0 fully saturated rings. The fraction of sp³-hybridized carbons (Fsp3) is 0.143. The van der Waals surface area contributed by atoms with E-state index in [2.05, 4.69) is 4.98 Å². The highest BCUT2D eigenvalue weighted by Gasteiger charge is 2.10. The lowest BCUT2D eigenvalue weighted by molar-refractivity contribution is -0.136. The van der Waals surface area contributed by atoms with Crippen LogP contribution in [-0.4, -0.2) is 16.1 Å². The molecule has 3 nitrogen and oxygen atoms in total. The SMILES string of the molecule is Cc1cnc(CC(=O)O)c(-c2ccccc2)c1. The van der Waals surface area contributed by atoms with E-state index in [1.807, 2.05) is 43.3 Å². The van der Waals surface area contributed by atoms with Crippen molar-refractivity contribution in [3.8, 4) is 11.1 Å². The van der Waals surface area contributed by atoms with Crippen LogP contribution in [0.1, 0.15) is 11.3 Å². The van der Waals surface area contributed by atoms with Crippen molar-refractivity contribution in [3.63, 3.8) is 0 Å². The van der Waals surface area contributed by atoms with Crippen molar-refractivity contribution < 1.29 is 9.90 Å². The molecule has 0 atom stereocenters. The van der Waals surface area contributed by atoms with E-state index in [9.17, 15) is 4.79 Å². The number of benzene rings is 1. The second kappa shape index (κ2) is 4.78. The zero-order valence-electron chi connectivity index (χ0n) is 9.55. The van der Waals surface area contributed by atoms with Crippen LogP contribution in [0.3, 0.4) is 0 Å².